The van der Waals surface area contributed by atoms with Crippen LogP contribution in [-0.2, 0) is 39.8 Å². The van der Waals surface area contributed by atoms with E-state index >= 15 is 0 Å². The molecule has 1 fully saturated rings. The Morgan fingerprint density at radius 2 is 1.68 bits per heavy atom. The third-order valence-corrected chi connectivity index (χ3v) is 5.95. The van der Waals surface area contributed by atoms with Gasteiger partial charge in [-0.3, -0.25) is 33.2 Å². The second-order valence-electron chi connectivity index (χ2n) is 7.77. The van der Waals surface area contributed by atoms with Crippen LogP contribution in [0.1, 0.15) is 19.3 Å². The summed E-state index contributed by atoms with van der Waals surface area (Å²) >= 11 is 0. The summed E-state index contributed by atoms with van der Waals surface area (Å²) < 4.78 is 9.00. The molecule has 2 aliphatic rings. The second-order valence-corrected chi connectivity index (χ2v) is 7.77. The monoisotopic (exact) mass is 429 g/mol. The van der Waals surface area contributed by atoms with Crippen molar-refractivity contribution < 1.29 is 19.1 Å². The number of allylic oxidation sites excluding steroid dienone is 2. The molecule has 164 valence electrons. The van der Waals surface area contributed by atoms with Crippen molar-refractivity contribution in [2.24, 2.45) is 25.9 Å². The molecule has 4 rings (SSSR count). The zero-order valence-electron chi connectivity index (χ0n) is 17.3. The van der Waals surface area contributed by atoms with Gasteiger partial charge in [-0.25, -0.2) is 9.78 Å². The second kappa shape index (κ2) is 7.97. The Hall–Kier alpha value is -3.50. The van der Waals surface area contributed by atoms with Crippen LogP contribution in [0.25, 0.3) is 11.2 Å². The third-order valence-electron chi connectivity index (χ3n) is 5.95. The predicted molar refractivity (Wildman–Crippen MR) is 108 cm³/mol. The molecule has 0 aromatic carbocycles. The topological polar surface area (TPSA) is 126 Å². The van der Waals surface area contributed by atoms with Crippen molar-refractivity contribution in [1.29, 1.82) is 0 Å². The lowest BCUT2D eigenvalue weighted by atomic mass is 9.85. The van der Waals surface area contributed by atoms with Gasteiger partial charge in [-0.05, 0) is 12.8 Å². The standard InChI is InChI=1S/C20H23N5O6/c1-22-16-15(19(29)23(2)20(22)30)24(11-21-16)9-10-31-14(26)7-8-25-17(27)12-5-3-4-6-13(12)18(25)28/h3-4,11-13H,5-10H2,1-2H3/t12-,13+. The average Bonchev–Trinajstić information content (AvgIpc) is 3.29. The Labute approximate surface area is 176 Å². The van der Waals surface area contributed by atoms with E-state index in [9.17, 15) is 24.0 Å². The number of ether oxygens (including phenoxy) is 1. The highest BCUT2D eigenvalue weighted by molar-refractivity contribution is 6.05. The molecule has 1 saturated heterocycles. The van der Waals surface area contributed by atoms with Gasteiger partial charge >= 0.3 is 11.7 Å². The molecule has 2 aromatic heterocycles. The van der Waals surface area contributed by atoms with Crippen LogP contribution in [0.3, 0.4) is 0 Å². The van der Waals surface area contributed by atoms with Crippen LogP contribution in [0.4, 0.5) is 0 Å². The highest BCUT2D eigenvalue weighted by atomic mass is 16.5. The van der Waals surface area contributed by atoms with Crippen molar-refractivity contribution in [3.8, 4) is 0 Å². The van der Waals surface area contributed by atoms with Crippen molar-refractivity contribution in [2.75, 3.05) is 13.2 Å². The maximum Gasteiger partial charge on any atom is 0.332 e. The first-order valence-electron chi connectivity index (χ1n) is 10.1. The molecule has 31 heavy (non-hydrogen) atoms. The molecule has 0 bridgehead atoms. The van der Waals surface area contributed by atoms with Crippen molar-refractivity contribution in [3.63, 3.8) is 0 Å². The molecule has 2 atom stereocenters. The van der Waals surface area contributed by atoms with Gasteiger partial charge in [0.05, 0.1) is 31.1 Å². The van der Waals surface area contributed by atoms with Crippen molar-refractivity contribution in [1.82, 2.24) is 23.6 Å². The quantitative estimate of drug-likeness (QED) is 0.338. The fraction of sp³-hybridized carbons (Fsp3) is 0.500. The van der Waals surface area contributed by atoms with E-state index in [1.54, 1.807) is 0 Å². The van der Waals surface area contributed by atoms with Gasteiger partial charge in [-0.1, -0.05) is 12.2 Å². The van der Waals surface area contributed by atoms with E-state index in [1.165, 1.54) is 29.6 Å². The van der Waals surface area contributed by atoms with Crippen LogP contribution in [0.5, 0.6) is 0 Å². The van der Waals surface area contributed by atoms with E-state index in [-0.39, 0.29) is 60.9 Å². The molecular weight excluding hydrogens is 406 g/mol. The molecule has 0 unspecified atom stereocenters. The number of fused-ring (bicyclic) bond motifs is 2. The zero-order valence-corrected chi connectivity index (χ0v) is 17.3. The van der Waals surface area contributed by atoms with Gasteiger partial charge in [0.1, 0.15) is 6.61 Å². The van der Waals surface area contributed by atoms with Gasteiger partial charge in [0, 0.05) is 20.6 Å². The fourth-order valence-corrected chi connectivity index (χ4v) is 4.19. The van der Waals surface area contributed by atoms with Crippen molar-refractivity contribution in [2.45, 2.75) is 25.8 Å². The van der Waals surface area contributed by atoms with E-state index in [1.807, 2.05) is 12.2 Å². The van der Waals surface area contributed by atoms with Gasteiger partial charge in [-0.2, -0.15) is 0 Å². The number of hydrogen-bond acceptors (Lipinski definition) is 7. The molecule has 0 N–H and O–H groups in total. The van der Waals surface area contributed by atoms with Crippen LogP contribution in [-0.4, -0.2) is 54.5 Å². The molecule has 11 heteroatoms. The number of imidazole rings is 1. The molecule has 2 amide bonds. The van der Waals surface area contributed by atoms with Gasteiger partial charge in [0.2, 0.25) is 11.8 Å². The van der Waals surface area contributed by atoms with E-state index in [0.717, 1.165) is 9.47 Å². The van der Waals surface area contributed by atoms with Gasteiger partial charge in [-0.15, -0.1) is 0 Å². The van der Waals surface area contributed by atoms with E-state index < -0.39 is 17.2 Å². The molecular formula is C20H23N5O6. The van der Waals surface area contributed by atoms with E-state index in [2.05, 4.69) is 4.98 Å². The normalized spacial score (nSPS) is 20.5. The van der Waals surface area contributed by atoms with Crippen molar-refractivity contribution >= 4 is 28.9 Å². The first-order valence-corrected chi connectivity index (χ1v) is 10.1. The number of nitrogens with zero attached hydrogens (tertiary/aromatic N) is 5. The molecule has 0 spiro atoms. The van der Waals surface area contributed by atoms with E-state index in [0.29, 0.717) is 12.8 Å². The summed E-state index contributed by atoms with van der Waals surface area (Å²) in [5.74, 6) is -1.63. The minimum absolute atomic E-state index is 0.000159. The highest BCUT2D eigenvalue weighted by Crippen LogP contribution is 2.34. The fourth-order valence-electron chi connectivity index (χ4n) is 4.19. The zero-order chi connectivity index (χ0) is 22.3. The average molecular weight is 429 g/mol. The first-order chi connectivity index (χ1) is 14.8. The van der Waals surface area contributed by atoms with Crippen LogP contribution in [0.2, 0.25) is 0 Å². The highest BCUT2D eigenvalue weighted by Gasteiger charge is 2.46. The van der Waals surface area contributed by atoms with Crippen molar-refractivity contribution in [3.05, 3.63) is 39.3 Å². The molecule has 3 heterocycles. The summed E-state index contributed by atoms with van der Waals surface area (Å²) in [6, 6.07) is 0. The number of aromatic nitrogens is 4. The number of amides is 2. The maximum absolute atomic E-state index is 12.4. The summed E-state index contributed by atoms with van der Waals surface area (Å²) in [7, 11) is 2.91. The number of esters is 1. The molecule has 0 radical (unpaired) electrons. The summed E-state index contributed by atoms with van der Waals surface area (Å²) in [6.07, 6.45) is 6.26. The summed E-state index contributed by atoms with van der Waals surface area (Å²) in [6.45, 7) is 0.153. The number of carbonyl (C=O) groups excluding carboxylic acids is 3. The van der Waals surface area contributed by atoms with Crippen LogP contribution < -0.4 is 11.2 Å². The van der Waals surface area contributed by atoms with Crippen LogP contribution in [0, 0.1) is 11.8 Å². The molecule has 1 aliphatic heterocycles. The Morgan fingerprint density at radius 1 is 1.03 bits per heavy atom. The lowest BCUT2D eigenvalue weighted by Gasteiger charge is -2.14. The molecule has 2 aromatic rings. The SMILES string of the molecule is Cn1c(=O)c2c(ncn2CCOC(=O)CCN2C(=O)[C@H]3CC=CC[C@H]3C2=O)n(C)c1=O. The van der Waals surface area contributed by atoms with Crippen LogP contribution >= 0.6 is 0 Å². The number of aryl methyl sites for hydroxylation is 1. The molecule has 1 aliphatic carbocycles. The van der Waals surface area contributed by atoms with Gasteiger partial charge in [0.15, 0.2) is 11.2 Å². The summed E-state index contributed by atoms with van der Waals surface area (Å²) in [4.78, 5) is 66.6. The number of likely N-dealkylation sites (tertiary alicyclic amines) is 1. The lowest BCUT2D eigenvalue weighted by Crippen LogP contribution is -2.37. The van der Waals surface area contributed by atoms with Crippen LogP contribution in [0.15, 0.2) is 28.1 Å². The number of imide groups is 1. The van der Waals surface area contributed by atoms with Gasteiger partial charge in [0.25, 0.3) is 5.56 Å². The maximum atomic E-state index is 12.4. The predicted octanol–water partition coefficient (Wildman–Crippen LogP) is -0.682. The summed E-state index contributed by atoms with van der Waals surface area (Å²) in [5, 5.41) is 0. The van der Waals surface area contributed by atoms with E-state index in [4.69, 9.17) is 4.74 Å². The smallest absolute Gasteiger partial charge is 0.332 e. The number of hydrogen-bond donors (Lipinski definition) is 0. The minimum Gasteiger partial charge on any atom is -0.464 e. The Morgan fingerprint density at radius 3 is 2.32 bits per heavy atom. The third kappa shape index (κ3) is 3.49. The summed E-state index contributed by atoms with van der Waals surface area (Å²) in [5.41, 5.74) is -0.466. The molecule has 0 saturated carbocycles. The Kier molecular flexibility index (Phi) is 5.34. The van der Waals surface area contributed by atoms with Gasteiger partial charge < -0.3 is 9.30 Å². The minimum atomic E-state index is -0.543. The molecule has 11 nitrogen and oxygen atoms in total. The number of rotatable bonds is 6. The number of carbonyl (C=O) groups is 3. The lowest BCUT2D eigenvalue weighted by molar-refractivity contribution is -0.146. The largest absolute Gasteiger partial charge is 0.464 e. The Balaban J connectivity index is 1.33. The first kappa shape index (κ1) is 20.8. The Bertz CT molecular complexity index is 1190.